The highest BCUT2D eigenvalue weighted by Crippen LogP contribution is 2.11. The van der Waals surface area contributed by atoms with Gasteiger partial charge in [-0.15, -0.1) is 0 Å². The zero-order valence-electron chi connectivity index (χ0n) is 15.6. The Morgan fingerprint density at radius 1 is 1.26 bits per heavy atom. The molecule has 1 aromatic heterocycles. The lowest BCUT2D eigenvalue weighted by atomic mass is 9.98. The lowest BCUT2D eigenvalue weighted by molar-refractivity contribution is -0.141. The van der Waals surface area contributed by atoms with Gasteiger partial charge in [-0.2, -0.15) is 5.10 Å². The Morgan fingerprint density at radius 2 is 2.04 bits per heavy atom. The monoisotopic (exact) mass is 371 g/mol. The lowest BCUT2D eigenvalue weighted by Crippen LogP contribution is -2.35. The van der Waals surface area contributed by atoms with Crippen molar-refractivity contribution in [3.8, 4) is 0 Å². The van der Waals surface area contributed by atoms with Crippen LogP contribution >= 0.6 is 0 Å². The minimum absolute atomic E-state index is 0.0160. The van der Waals surface area contributed by atoms with Crippen molar-refractivity contribution in [2.45, 2.75) is 39.7 Å². The van der Waals surface area contributed by atoms with Gasteiger partial charge >= 0.3 is 5.97 Å². The first kappa shape index (κ1) is 20.4. The molecule has 7 heteroatoms. The van der Waals surface area contributed by atoms with E-state index in [1.807, 2.05) is 38.1 Å². The summed E-state index contributed by atoms with van der Waals surface area (Å²) in [6.45, 7) is 4.38. The molecule has 1 amide bonds. The molecule has 1 aromatic carbocycles. The Kier molecular flexibility index (Phi) is 7.28. The molecular weight excluding hydrogens is 346 g/mol. The van der Waals surface area contributed by atoms with Gasteiger partial charge in [-0.3, -0.25) is 14.4 Å². The van der Waals surface area contributed by atoms with E-state index in [0.29, 0.717) is 13.0 Å². The minimum Gasteiger partial charge on any atom is -0.481 e. The molecule has 2 rings (SSSR count). The molecule has 0 fully saturated rings. The molecule has 1 heterocycles. The summed E-state index contributed by atoms with van der Waals surface area (Å²) >= 11 is 0. The normalized spacial score (nSPS) is 11.8. The third kappa shape index (κ3) is 6.06. The molecule has 0 saturated carbocycles. The van der Waals surface area contributed by atoms with Crippen LogP contribution in [0.25, 0.3) is 0 Å². The van der Waals surface area contributed by atoms with Crippen LogP contribution in [0, 0.1) is 12.8 Å². The smallest absolute Gasteiger partial charge is 0.308 e. The van der Waals surface area contributed by atoms with Crippen LogP contribution in [-0.2, 0) is 17.8 Å². The number of amides is 1. The quantitative estimate of drug-likeness (QED) is 0.702. The summed E-state index contributed by atoms with van der Waals surface area (Å²) in [4.78, 5) is 35.7. The van der Waals surface area contributed by atoms with Crippen LogP contribution in [0.4, 0.5) is 0 Å². The van der Waals surface area contributed by atoms with E-state index < -0.39 is 17.8 Å². The second-order valence-corrected chi connectivity index (χ2v) is 6.57. The summed E-state index contributed by atoms with van der Waals surface area (Å²) < 4.78 is 1.26. The maximum atomic E-state index is 12.3. The van der Waals surface area contributed by atoms with Crippen LogP contribution < -0.4 is 10.9 Å². The zero-order chi connectivity index (χ0) is 19.8. The number of hydrogen-bond donors (Lipinski definition) is 2. The maximum absolute atomic E-state index is 12.3. The number of hydrogen-bond acceptors (Lipinski definition) is 4. The van der Waals surface area contributed by atoms with Gasteiger partial charge in [0.2, 0.25) is 0 Å². The van der Waals surface area contributed by atoms with Crippen molar-refractivity contribution in [2.24, 2.45) is 5.92 Å². The number of rotatable bonds is 9. The van der Waals surface area contributed by atoms with Gasteiger partial charge in [-0.25, -0.2) is 4.68 Å². The predicted molar refractivity (Wildman–Crippen MR) is 102 cm³/mol. The number of carboxylic acid groups (broad SMARTS) is 1. The molecule has 0 aliphatic heterocycles. The van der Waals surface area contributed by atoms with Crippen LogP contribution in [-0.4, -0.2) is 33.3 Å². The number of benzene rings is 1. The van der Waals surface area contributed by atoms with Crippen molar-refractivity contribution >= 4 is 11.9 Å². The third-order valence-electron chi connectivity index (χ3n) is 4.25. The van der Waals surface area contributed by atoms with Crippen molar-refractivity contribution < 1.29 is 14.7 Å². The molecule has 27 heavy (non-hydrogen) atoms. The number of carbonyl (C=O) groups excluding carboxylic acids is 1. The Labute approximate surface area is 158 Å². The number of aliphatic carboxylic acids is 1. The topological polar surface area (TPSA) is 101 Å². The molecule has 2 aromatic rings. The molecule has 1 atom stereocenters. The first-order chi connectivity index (χ1) is 12.9. The Morgan fingerprint density at radius 3 is 2.70 bits per heavy atom. The first-order valence-corrected chi connectivity index (χ1v) is 9.05. The number of aryl methyl sites for hydroxylation is 2. The number of unbranched alkanes of at least 4 members (excludes halogenated alkanes) is 1. The van der Waals surface area contributed by atoms with E-state index in [2.05, 4.69) is 10.4 Å². The predicted octanol–water partition coefficient (Wildman–Crippen LogP) is 2.03. The molecule has 2 N–H and O–H groups in total. The van der Waals surface area contributed by atoms with E-state index in [-0.39, 0.29) is 17.8 Å². The highest BCUT2D eigenvalue weighted by Gasteiger charge is 2.20. The molecule has 0 saturated heterocycles. The molecule has 0 radical (unpaired) electrons. The summed E-state index contributed by atoms with van der Waals surface area (Å²) in [6.07, 6.45) is 2.01. The standard InChI is InChI=1S/C20H25N3O4/c1-3-4-10-23-18(24)9-8-17(22-23)19(25)21-13-16(20(26)27)12-15-7-5-6-14(2)11-15/h5-9,11,16H,3-4,10,12-13H2,1-2H3,(H,21,25)(H,26,27). The van der Waals surface area contributed by atoms with Crippen LogP contribution in [0.1, 0.15) is 41.4 Å². The molecule has 7 nitrogen and oxygen atoms in total. The lowest BCUT2D eigenvalue weighted by Gasteiger charge is -2.14. The van der Waals surface area contributed by atoms with Crippen molar-refractivity contribution in [2.75, 3.05) is 6.54 Å². The highest BCUT2D eigenvalue weighted by atomic mass is 16.4. The maximum Gasteiger partial charge on any atom is 0.308 e. The summed E-state index contributed by atoms with van der Waals surface area (Å²) in [6, 6.07) is 10.3. The largest absolute Gasteiger partial charge is 0.481 e. The van der Waals surface area contributed by atoms with E-state index >= 15 is 0 Å². The number of carboxylic acids is 1. The third-order valence-corrected chi connectivity index (χ3v) is 4.25. The van der Waals surface area contributed by atoms with Gasteiger partial charge in [0.15, 0.2) is 0 Å². The average molecular weight is 371 g/mol. The first-order valence-electron chi connectivity index (χ1n) is 9.05. The van der Waals surface area contributed by atoms with Crippen LogP contribution in [0.2, 0.25) is 0 Å². The van der Waals surface area contributed by atoms with Crippen LogP contribution in [0.3, 0.4) is 0 Å². The minimum atomic E-state index is -0.974. The fourth-order valence-corrected chi connectivity index (χ4v) is 2.71. The van der Waals surface area contributed by atoms with Gasteiger partial charge in [0, 0.05) is 19.2 Å². The fraction of sp³-hybridized carbons (Fsp3) is 0.400. The molecule has 0 bridgehead atoms. The summed E-state index contributed by atoms with van der Waals surface area (Å²) in [5, 5.41) is 16.1. The Balaban J connectivity index is 2.03. The summed E-state index contributed by atoms with van der Waals surface area (Å²) in [7, 11) is 0. The van der Waals surface area contributed by atoms with Crippen molar-refractivity contribution in [1.82, 2.24) is 15.1 Å². The second-order valence-electron chi connectivity index (χ2n) is 6.57. The molecule has 0 spiro atoms. The van der Waals surface area contributed by atoms with E-state index in [4.69, 9.17) is 0 Å². The number of carbonyl (C=O) groups is 2. The highest BCUT2D eigenvalue weighted by molar-refractivity contribution is 5.92. The Bertz CT molecular complexity index is 860. The summed E-state index contributed by atoms with van der Waals surface area (Å²) in [5.41, 5.74) is 1.80. The number of aromatic nitrogens is 2. The van der Waals surface area contributed by atoms with Crippen molar-refractivity contribution in [3.63, 3.8) is 0 Å². The van der Waals surface area contributed by atoms with E-state index in [9.17, 15) is 19.5 Å². The zero-order valence-corrected chi connectivity index (χ0v) is 15.6. The Hall–Kier alpha value is -2.96. The van der Waals surface area contributed by atoms with Gasteiger partial charge in [0.1, 0.15) is 5.69 Å². The van der Waals surface area contributed by atoms with E-state index in [0.717, 1.165) is 24.0 Å². The SMILES string of the molecule is CCCCn1nc(C(=O)NCC(Cc2cccc(C)c2)C(=O)O)ccc1=O. The van der Waals surface area contributed by atoms with Gasteiger partial charge in [-0.05, 0) is 31.4 Å². The van der Waals surface area contributed by atoms with Crippen LogP contribution in [0.5, 0.6) is 0 Å². The van der Waals surface area contributed by atoms with Crippen molar-refractivity contribution in [3.05, 3.63) is 63.6 Å². The second kappa shape index (κ2) is 9.66. The summed E-state index contributed by atoms with van der Waals surface area (Å²) in [5.74, 6) is -2.21. The molecule has 0 aliphatic rings. The van der Waals surface area contributed by atoms with Crippen molar-refractivity contribution in [1.29, 1.82) is 0 Å². The number of nitrogens with zero attached hydrogens (tertiary/aromatic N) is 2. The molecule has 144 valence electrons. The molecule has 0 aliphatic carbocycles. The van der Waals surface area contributed by atoms with Gasteiger partial charge < -0.3 is 10.4 Å². The molecule has 1 unspecified atom stereocenters. The fourth-order valence-electron chi connectivity index (χ4n) is 2.71. The van der Waals surface area contributed by atoms with Gasteiger partial charge in [0.05, 0.1) is 5.92 Å². The molecular formula is C20H25N3O4. The van der Waals surface area contributed by atoms with Gasteiger partial charge in [-0.1, -0.05) is 43.2 Å². The number of nitrogens with one attached hydrogen (secondary N) is 1. The van der Waals surface area contributed by atoms with E-state index in [1.54, 1.807) is 0 Å². The van der Waals surface area contributed by atoms with Crippen LogP contribution in [0.15, 0.2) is 41.2 Å². The average Bonchev–Trinajstić information content (AvgIpc) is 2.64. The van der Waals surface area contributed by atoms with Gasteiger partial charge in [0.25, 0.3) is 11.5 Å². The van der Waals surface area contributed by atoms with E-state index in [1.165, 1.54) is 16.8 Å².